The predicted molar refractivity (Wildman–Crippen MR) is 102 cm³/mol. The Balaban J connectivity index is 1.64. The first-order valence-electron chi connectivity index (χ1n) is 8.02. The average molecular weight is 380 g/mol. The second-order valence-corrected chi connectivity index (χ2v) is 6.29. The highest BCUT2D eigenvalue weighted by atomic mass is 35.5. The van der Waals surface area contributed by atoms with E-state index in [0.29, 0.717) is 17.2 Å². The number of pyridine rings is 2. The lowest BCUT2D eigenvalue weighted by Crippen LogP contribution is -2.11. The van der Waals surface area contributed by atoms with Crippen molar-refractivity contribution in [3.8, 4) is 22.8 Å². The van der Waals surface area contributed by atoms with Crippen molar-refractivity contribution in [3.05, 3.63) is 65.6 Å². The highest BCUT2D eigenvalue weighted by Crippen LogP contribution is 2.29. The van der Waals surface area contributed by atoms with Crippen molar-refractivity contribution in [3.63, 3.8) is 0 Å². The van der Waals surface area contributed by atoms with Crippen LogP contribution in [-0.2, 0) is 7.05 Å². The molecule has 1 aromatic carbocycles. The highest BCUT2D eigenvalue weighted by Gasteiger charge is 2.10. The van der Waals surface area contributed by atoms with Gasteiger partial charge in [0.05, 0.1) is 34.2 Å². The molecule has 2 N–H and O–H groups in total. The van der Waals surface area contributed by atoms with E-state index < -0.39 is 5.91 Å². The summed E-state index contributed by atoms with van der Waals surface area (Å²) in [4.78, 5) is 20.0. The number of halogens is 1. The molecule has 4 aromatic rings. The summed E-state index contributed by atoms with van der Waals surface area (Å²) in [6.45, 7) is 0. The third kappa shape index (κ3) is 3.32. The summed E-state index contributed by atoms with van der Waals surface area (Å²) in [5, 5.41) is 4.45. The Morgan fingerprint density at radius 1 is 1.11 bits per heavy atom. The first-order chi connectivity index (χ1) is 13.0. The number of fused-ring (bicyclic) bond motifs is 1. The van der Waals surface area contributed by atoms with E-state index in [4.69, 9.17) is 22.1 Å². The Hall–Kier alpha value is -3.45. The minimum atomic E-state index is -0.574. The zero-order chi connectivity index (χ0) is 19.0. The lowest BCUT2D eigenvalue weighted by Gasteiger charge is -2.08. The molecule has 27 heavy (non-hydrogen) atoms. The Morgan fingerprint density at radius 2 is 1.96 bits per heavy atom. The standard InChI is InChI=1S/C19H14ClN5O2/c1-25-18-8-13(9-23-17(18)10-24-25)27-12-4-5-22-16(7-12)11-2-3-14(19(21)26)15(20)6-11/h2-10H,1H3,(H2,21,26). The number of amides is 1. The monoisotopic (exact) mass is 379 g/mol. The molecule has 0 aliphatic rings. The number of hydrogen-bond acceptors (Lipinski definition) is 5. The third-order valence-corrected chi connectivity index (χ3v) is 4.38. The summed E-state index contributed by atoms with van der Waals surface area (Å²) in [6, 6.07) is 10.4. The SMILES string of the molecule is Cn1ncc2ncc(Oc3ccnc(-c4ccc(C(N)=O)c(Cl)c4)c3)cc21. The van der Waals surface area contributed by atoms with Gasteiger partial charge >= 0.3 is 0 Å². The first-order valence-corrected chi connectivity index (χ1v) is 8.40. The third-order valence-electron chi connectivity index (χ3n) is 4.07. The summed E-state index contributed by atoms with van der Waals surface area (Å²) in [5.74, 6) is 0.610. The smallest absolute Gasteiger partial charge is 0.250 e. The number of carbonyl (C=O) groups is 1. The van der Waals surface area contributed by atoms with E-state index in [9.17, 15) is 4.79 Å². The zero-order valence-corrected chi connectivity index (χ0v) is 15.0. The van der Waals surface area contributed by atoms with Crippen molar-refractivity contribution in [2.75, 3.05) is 0 Å². The second-order valence-electron chi connectivity index (χ2n) is 5.88. The molecule has 3 aromatic heterocycles. The quantitative estimate of drug-likeness (QED) is 0.584. The molecule has 0 unspecified atom stereocenters. The van der Waals surface area contributed by atoms with Gasteiger partial charge in [0, 0.05) is 30.9 Å². The number of carbonyl (C=O) groups excluding carboxylic acids is 1. The van der Waals surface area contributed by atoms with E-state index in [1.54, 1.807) is 53.6 Å². The molecule has 0 saturated heterocycles. The van der Waals surface area contributed by atoms with Crippen LogP contribution in [0.2, 0.25) is 5.02 Å². The van der Waals surface area contributed by atoms with Gasteiger partial charge in [-0.15, -0.1) is 0 Å². The number of primary amides is 1. The summed E-state index contributed by atoms with van der Waals surface area (Å²) >= 11 is 6.13. The van der Waals surface area contributed by atoms with Gasteiger partial charge in [0.25, 0.3) is 0 Å². The lowest BCUT2D eigenvalue weighted by atomic mass is 10.1. The Labute approximate surface area is 159 Å². The second kappa shape index (κ2) is 6.69. The lowest BCUT2D eigenvalue weighted by molar-refractivity contribution is 0.100. The average Bonchev–Trinajstić information content (AvgIpc) is 3.02. The van der Waals surface area contributed by atoms with E-state index in [-0.39, 0.29) is 10.6 Å². The van der Waals surface area contributed by atoms with E-state index in [1.807, 2.05) is 13.1 Å². The van der Waals surface area contributed by atoms with Crippen LogP contribution in [0.4, 0.5) is 0 Å². The van der Waals surface area contributed by atoms with E-state index >= 15 is 0 Å². The fraction of sp³-hybridized carbons (Fsp3) is 0.0526. The number of benzene rings is 1. The molecule has 0 aliphatic heterocycles. The number of rotatable bonds is 4. The molecular weight excluding hydrogens is 366 g/mol. The van der Waals surface area contributed by atoms with Gasteiger partial charge in [-0.2, -0.15) is 5.10 Å². The Kier molecular flexibility index (Phi) is 4.21. The van der Waals surface area contributed by atoms with Gasteiger partial charge < -0.3 is 10.5 Å². The van der Waals surface area contributed by atoms with Gasteiger partial charge in [0.15, 0.2) is 0 Å². The zero-order valence-electron chi connectivity index (χ0n) is 14.3. The van der Waals surface area contributed by atoms with E-state index in [2.05, 4.69) is 15.1 Å². The number of hydrogen-bond donors (Lipinski definition) is 1. The normalized spacial score (nSPS) is 10.9. The van der Waals surface area contributed by atoms with Gasteiger partial charge in [-0.05, 0) is 18.2 Å². The van der Waals surface area contributed by atoms with Gasteiger partial charge in [-0.1, -0.05) is 17.7 Å². The highest BCUT2D eigenvalue weighted by molar-refractivity contribution is 6.34. The molecule has 3 heterocycles. The van der Waals surface area contributed by atoms with Crippen LogP contribution in [0.1, 0.15) is 10.4 Å². The molecule has 134 valence electrons. The minimum absolute atomic E-state index is 0.267. The molecule has 7 nitrogen and oxygen atoms in total. The van der Waals surface area contributed by atoms with Crippen LogP contribution in [-0.4, -0.2) is 25.7 Å². The molecule has 1 amide bonds. The van der Waals surface area contributed by atoms with Crippen LogP contribution in [0.5, 0.6) is 11.5 Å². The minimum Gasteiger partial charge on any atom is -0.456 e. The summed E-state index contributed by atoms with van der Waals surface area (Å²) in [7, 11) is 1.85. The van der Waals surface area contributed by atoms with Crippen molar-refractivity contribution in [2.24, 2.45) is 12.8 Å². The Morgan fingerprint density at radius 3 is 2.74 bits per heavy atom. The fourth-order valence-electron chi connectivity index (χ4n) is 2.71. The van der Waals surface area contributed by atoms with Crippen molar-refractivity contribution in [1.82, 2.24) is 19.7 Å². The summed E-state index contributed by atoms with van der Waals surface area (Å²) in [6.07, 6.45) is 4.97. The van der Waals surface area contributed by atoms with Crippen LogP contribution in [0, 0.1) is 0 Å². The van der Waals surface area contributed by atoms with Crippen LogP contribution in [0.25, 0.3) is 22.3 Å². The van der Waals surface area contributed by atoms with E-state index in [1.165, 1.54) is 0 Å². The molecule has 0 bridgehead atoms. The maximum Gasteiger partial charge on any atom is 0.250 e. The molecular formula is C19H14ClN5O2. The van der Waals surface area contributed by atoms with Crippen LogP contribution < -0.4 is 10.5 Å². The molecule has 0 aliphatic carbocycles. The van der Waals surface area contributed by atoms with Crippen molar-refractivity contribution in [1.29, 1.82) is 0 Å². The van der Waals surface area contributed by atoms with Crippen molar-refractivity contribution >= 4 is 28.5 Å². The molecule has 0 fully saturated rings. The molecule has 0 radical (unpaired) electrons. The Bertz CT molecular complexity index is 1170. The molecule has 4 rings (SSSR count). The van der Waals surface area contributed by atoms with E-state index in [0.717, 1.165) is 16.6 Å². The number of ether oxygens (including phenoxy) is 1. The summed E-state index contributed by atoms with van der Waals surface area (Å²) in [5.41, 5.74) is 8.62. The number of nitrogens with two attached hydrogens (primary N) is 1. The van der Waals surface area contributed by atoms with Gasteiger partial charge in [-0.3, -0.25) is 14.5 Å². The maximum atomic E-state index is 11.3. The van der Waals surface area contributed by atoms with Crippen molar-refractivity contribution < 1.29 is 9.53 Å². The fourth-order valence-corrected chi connectivity index (χ4v) is 2.98. The molecule has 0 saturated carbocycles. The van der Waals surface area contributed by atoms with Crippen molar-refractivity contribution in [2.45, 2.75) is 0 Å². The largest absolute Gasteiger partial charge is 0.456 e. The maximum absolute atomic E-state index is 11.3. The number of nitrogens with zero attached hydrogens (tertiary/aromatic N) is 4. The summed E-state index contributed by atoms with van der Waals surface area (Å²) < 4.78 is 7.65. The van der Waals surface area contributed by atoms with Crippen LogP contribution >= 0.6 is 11.6 Å². The van der Waals surface area contributed by atoms with Crippen LogP contribution in [0.15, 0.2) is 55.0 Å². The first kappa shape index (κ1) is 17.0. The van der Waals surface area contributed by atoms with Gasteiger partial charge in [0.1, 0.15) is 17.0 Å². The molecule has 0 atom stereocenters. The molecule has 0 spiro atoms. The number of aryl methyl sites for hydroxylation is 1. The topological polar surface area (TPSA) is 95.9 Å². The van der Waals surface area contributed by atoms with Gasteiger partial charge in [0.2, 0.25) is 5.91 Å². The van der Waals surface area contributed by atoms with Crippen LogP contribution in [0.3, 0.4) is 0 Å². The van der Waals surface area contributed by atoms with Gasteiger partial charge in [-0.25, -0.2) is 4.98 Å². The number of aromatic nitrogens is 4. The molecule has 8 heteroatoms. The predicted octanol–water partition coefficient (Wildman–Crippen LogP) is 3.57.